The number of aryl methyl sites for hydroxylation is 2. The number of hydrogen-bond donors (Lipinski definition) is 3. The molecule has 0 aliphatic carbocycles. The smallest absolute Gasteiger partial charge is 0.469 e. The van der Waals surface area contributed by atoms with Gasteiger partial charge in [-0.1, -0.05) is 11.1 Å². The minimum Gasteiger partial charge on any atom is -0.505 e. The first-order chi connectivity index (χ1) is 11.8. The van der Waals surface area contributed by atoms with Crippen LogP contribution in [0.1, 0.15) is 27.3 Å². The topological polar surface area (TPSA) is 148 Å². The Morgan fingerprint density at radius 2 is 2.16 bits per heavy atom. The molecule has 0 amide bonds. The van der Waals surface area contributed by atoms with Crippen LogP contribution in [-0.2, 0) is 35.1 Å². The highest BCUT2D eigenvalue weighted by Gasteiger charge is 2.19. The number of carbonyl (C=O) groups is 1. The fourth-order valence-electron chi connectivity index (χ4n) is 2.05. The summed E-state index contributed by atoms with van der Waals surface area (Å²) in [4.78, 5) is 32.6. The van der Waals surface area contributed by atoms with Crippen LogP contribution < -0.4 is 0 Å². The summed E-state index contributed by atoms with van der Waals surface area (Å²) in [5.74, 6) is 2.06. The van der Waals surface area contributed by atoms with Crippen molar-refractivity contribution < 1.29 is 28.8 Å². The van der Waals surface area contributed by atoms with Crippen molar-refractivity contribution in [1.82, 2.24) is 20.0 Å². The Morgan fingerprint density at radius 1 is 1.40 bits per heavy atom. The van der Waals surface area contributed by atoms with E-state index in [1.807, 2.05) is 0 Å². The van der Waals surface area contributed by atoms with Crippen molar-refractivity contribution >= 4 is 14.1 Å². The summed E-state index contributed by atoms with van der Waals surface area (Å²) in [5, 5.41) is 17.9. The van der Waals surface area contributed by atoms with Gasteiger partial charge in [-0.3, -0.25) is 14.3 Å². The highest BCUT2D eigenvalue weighted by Crippen LogP contribution is 2.37. The predicted molar refractivity (Wildman–Crippen MR) is 84.4 cm³/mol. The Balaban J connectivity index is 2.12. The van der Waals surface area contributed by atoms with Crippen LogP contribution >= 0.6 is 7.82 Å². The third-order valence-electron chi connectivity index (χ3n) is 3.21. The van der Waals surface area contributed by atoms with Crippen LogP contribution in [0.2, 0.25) is 0 Å². The lowest BCUT2D eigenvalue weighted by Gasteiger charge is -2.11. The zero-order valence-electron chi connectivity index (χ0n) is 12.9. The molecule has 25 heavy (non-hydrogen) atoms. The summed E-state index contributed by atoms with van der Waals surface area (Å²) in [6.07, 6.45) is 9.13. The number of rotatable bonds is 8. The highest BCUT2D eigenvalue weighted by atomic mass is 31.2. The molecule has 0 atom stereocenters. The Hall–Kier alpha value is -2.57. The van der Waals surface area contributed by atoms with E-state index >= 15 is 0 Å². The van der Waals surface area contributed by atoms with Gasteiger partial charge in [0, 0.05) is 18.0 Å². The summed E-state index contributed by atoms with van der Waals surface area (Å²) >= 11 is 0. The second kappa shape index (κ2) is 8.00. The summed E-state index contributed by atoms with van der Waals surface area (Å²) in [7, 11) is -4.70. The van der Waals surface area contributed by atoms with E-state index in [2.05, 4.69) is 25.7 Å². The number of phosphoric acid groups is 1. The van der Waals surface area contributed by atoms with Gasteiger partial charge in [-0.2, -0.15) is 0 Å². The lowest BCUT2D eigenvalue weighted by Crippen LogP contribution is -2.03. The molecule has 0 aliphatic rings. The number of pyridine rings is 1. The number of aromatic hydroxyl groups is 1. The molecule has 11 heteroatoms. The van der Waals surface area contributed by atoms with Gasteiger partial charge in [-0.05, 0) is 12.8 Å². The average Bonchev–Trinajstić information content (AvgIpc) is 2.99. The first kappa shape index (κ1) is 18.8. The van der Waals surface area contributed by atoms with E-state index in [-0.39, 0.29) is 29.0 Å². The molecule has 2 aromatic rings. The first-order valence-electron chi connectivity index (χ1n) is 7.01. The SMILES string of the molecule is C#CCn1cc(CCc2ncc(COP(=O)(O)O)c(C=O)c2O)nn1. The lowest BCUT2D eigenvalue weighted by atomic mass is 10.1. The van der Waals surface area contributed by atoms with E-state index in [1.165, 1.54) is 10.9 Å². The van der Waals surface area contributed by atoms with Crippen molar-refractivity contribution in [3.8, 4) is 18.1 Å². The molecular weight excluding hydrogens is 351 g/mol. The van der Waals surface area contributed by atoms with Gasteiger partial charge >= 0.3 is 7.82 Å². The molecule has 0 spiro atoms. The molecule has 0 saturated heterocycles. The fourth-order valence-corrected chi connectivity index (χ4v) is 2.35. The maximum atomic E-state index is 11.2. The summed E-state index contributed by atoms with van der Waals surface area (Å²) in [6, 6.07) is 0. The third-order valence-corrected chi connectivity index (χ3v) is 3.68. The molecule has 2 aromatic heterocycles. The van der Waals surface area contributed by atoms with Crippen molar-refractivity contribution in [2.24, 2.45) is 0 Å². The van der Waals surface area contributed by atoms with E-state index < -0.39 is 14.4 Å². The minimum absolute atomic E-state index is 0.0690. The third kappa shape index (κ3) is 5.20. The number of phosphoric ester groups is 1. The van der Waals surface area contributed by atoms with Gasteiger partial charge in [-0.25, -0.2) is 9.25 Å². The average molecular weight is 366 g/mol. The number of aromatic nitrogens is 4. The second-order valence-electron chi connectivity index (χ2n) is 4.99. The van der Waals surface area contributed by atoms with Crippen LogP contribution in [-0.4, -0.2) is 41.2 Å². The molecule has 2 rings (SSSR count). The maximum Gasteiger partial charge on any atom is 0.469 e. The molecular formula is C14H15N4O6P. The van der Waals surface area contributed by atoms with Crippen molar-refractivity contribution in [3.05, 3.63) is 34.9 Å². The molecule has 0 bridgehead atoms. The van der Waals surface area contributed by atoms with E-state index in [4.69, 9.17) is 16.2 Å². The van der Waals surface area contributed by atoms with Crippen LogP contribution in [0.25, 0.3) is 0 Å². The van der Waals surface area contributed by atoms with Crippen molar-refractivity contribution in [1.29, 1.82) is 0 Å². The Labute approximate surface area is 142 Å². The monoisotopic (exact) mass is 366 g/mol. The van der Waals surface area contributed by atoms with Crippen LogP contribution in [0.5, 0.6) is 5.75 Å². The van der Waals surface area contributed by atoms with Gasteiger partial charge in [0.1, 0.15) is 12.3 Å². The maximum absolute atomic E-state index is 11.2. The van der Waals surface area contributed by atoms with Crippen LogP contribution in [0.15, 0.2) is 12.4 Å². The normalized spacial score (nSPS) is 11.2. The quantitative estimate of drug-likeness (QED) is 0.339. The van der Waals surface area contributed by atoms with Crippen molar-refractivity contribution in [2.45, 2.75) is 26.0 Å². The van der Waals surface area contributed by atoms with Gasteiger partial charge in [0.15, 0.2) is 6.29 Å². The summed E-state index contributed by atoms with van der Waals surface area (Å²) in [6.45, 7) is -0.264. The number of carbonyl (C=O) groups excluding carboxylic acids is 1. The summed E-state index contributed by atoms with van der Waals surface area (Å²) in [5.41, 5.74) is 0.820. The Kier molecular flexibility index (Phi) is 6.01. The first-order valence-corrected chi connectivity index (χ1v) is 8.54. The van der Waals surface area contributed by atoms with E-state index in [9.17, 15) is 14.5 Å². The van der Waals surface area contributed by atoms with Crippen LogP contribution in [0.4, 0.5) is 0 Å². The van der Waals surface area contributed by atoms with Gasteiger partial charge in [0.2, 0.25) is 0 Å². The van der Waals surface area contributed by atoms with Crippen LogP contribution in [0.3, 0.4) is 0 Å². The summed E-state index contributed by atoms with van der Waals surface area (Å²) < 4.78 is 16.6. The van der Waals surface area contributed by atoms with E-state index in [0.29, 0.717) is 24.9 Å². The molecule has 3 N–H and O–H groups in total. The van der Waals surface area contributed by atoms with Gasteiger partial charge < -0.3 is 14.9 Å². The van der Waals surface area contributed by atoms with E-state index in [0.717, 1.165) is 0 Å². The van der Waals surface area contributed by atoms with Crippen LogP contribution in [0, 0.1) is 12.3 Å². The van der Waals surface area contributed by atoms with Gasteiger partial charge in [-0.15, -0.1) is 11.5 Å². The molecule has 0 aromatic carbocycles. The zero-order valence-corrected chi connectivity index (χ0v) is 13.8. The van der Waals surface area contributed by atoms with Crippen molar-refractivity contribution in [2.75, 3.05) is 0 Å². The highest BCUT2D eigenvalue weighted by molar-refractivity contribution is 7.46. The molecule has 0 aliphatic heterocycles. The number of nitrogens with zero attached hydrogens (tertiary/aromatic N) is 4. The standard InChI is InChI=1S/C14H15N4O6P/c1-2-5-18-7-11(16-17-18)3-4-13-14(20)12(8-19)10(6-15-13)9-24-25(21,22)23/h1,6-8,20H,3-5,9H2,(H2,21,22,23). The minimum atomic E-state index is -4.70. The van der Waals surface area contributed by atoms with Gasteiger partial charge in [0.05, 0.1) is 23.6 Å². The number of hydrogen-bond acceptors (Lipinski definition) is 7. The largest absolute Gasteiger partial charge is 0.505 e. The molecule has 0 saturated carbocycles. The Bertz CT molecular complexity index is 853. The molecule has 132 valence electrons. The second-order valence-corrected chi connectivity index (χ2v) is 6.23. The molecule has 10 nitrogen and oxygen atoms in total. The predicted octanol–water partition coefficient (Wildman–Crippen LogP) is 0.219. The molecule has 0 radical (unpaired) electrons. The van der Waals surface area contributed by atoms with Crippen molar-refractivity contribution in [3.63, 3.8) is 0 Å². The molecule has 0 unspecified atom stereocenters. The number of aldehydes is 1. The Morgan fingerprint density at radius 3 is 2.80 bits per heavy atom. The van der Waals surface area contributed by atoms with E-state index in [1.54, 1.807) is 6.20 Å². The van der Waals surface area contributed by atoms with Gasteiger partial charge in [0.25, 0.3) is 0 Å². The molecule has 0 fully saturated rings. The lowest BCUT2D eigenvalue weighted by molar-refractivity contribution is 0.111. The molecule has 2 heterocycles. The zero-order chi connectivity index (χ0) is 18.4. The fraction of sp³-hybridized carbons (Fsp3) is 0.286. The number of terminal acetylenes is 1.